The van der Waals surface area contributed by atoms with Crippen LogP contribution in [0.1, 0.15) is 16.7 Å². The number of piperazine rings is 1. The Kier molecular flexibility index (Phi) is 7.23. The maximum Gasteiger partial charge on any atom is 0.243 e. The first-order valence-corrected chi connectivity index (χ1v) is 11.5. The quantitative estimate of drug-likeness (QED) is 0.726. The van der Waals surface area contributed by atoms with Crippen molar-refractivity contribution in [2.75, 3.05) is 39.3 Å². The molecule has 0 aromatic heterocycles. The molecule has 8 heteroatoms. The van der Waals surface area contributed by atoms with Gasteiger partial charge in [0.1, 0.15) is 5.82 Å². The van der Waals surface area contributed by atoms with Crippen LogP contribution in [0.15, 0.2) is 47.4 Å². The van der Waals surface area contributed by atoms with Crippen LogP contribution in [0.2, 0.25) is 0 Å². The van der Waals surface area contributed by atoms with Crippen molar-refractivity contribution in [1.82, 2.24) is 14.5 Å². The summed E-state index contributed by atoms with van der Waals surface area (Å²) in [6.45, 7) is 6.31. The highest BCUT2D eigenvalue weighted by Crippen LogP contribution is 2.20. The predicted molar refractivity (Wildman–Crippen MR) is 114 cm³/mol. The maximum absolute atomic E-state index is 12.9. The van der Waals surface area contributed by atoms with E-state index in [-0.39, 0.29) is 18.3 Å². The van der Waals surface area contributed by atoms with Crippen LogP contribution in [0, 0.1) is 19.7 Å². The molecule has 2 aromatic rings. The molecule has 0 radical (unpaired) electrons. The second kappa shape index (κ2) is 9.68. The van der Waals surface area contributed by atoms with Gasteiger partial charge in [-0.25, -0.2) is 12.8 Å². The lowest BCUT2D eigenvalue weighted by Gasteiger charge is -2.33. The van der Waals surface area contributed by atoms with Gasteiger partial charge < -0.3 is 5.32 Å². The van der Waals surface area contributed by atoms with Gasteiger partial charge in [-0.3, -0.25) is 9.69 Å². The Morgan fingerprint density at radius 2 is 1.67 bits per heavy atom. The summed E-state index contributed by atoms with van der Waals surface area (Å²) in [5.74, 6) is -0.371. The van der Waals surface area contributed by atoms with Crippen LogP contribution >= 0.6 is 0 Å². The van der Waals surface area contributed by atoms with Crippen LogP contribution in [0.4, 0.5) is 4.39 Å². The number of carbonyl (C=O) groups excluding carboxylic acids is 1. The van der Waals surface area contributed by atoms with Crippen LogP contribution < -0.4 is 5.32 Å². The number of hydrogen-bond donors (Lipinski definition) is 1. The maximum atomic E-state index is 12.9. The third kappa shape index (κ3) is 5.65. The van der Waals surface area contributed by atoms with Crippen molar-refractivity contribution in [2.24, 2.45) is 0 Å². The molecule has 3 rings (SSSR count). The fourth-order valence-electron chi connectivity index (χ4n) is 3.41. The summed E-state index contributed by atoms with van der Waals surface area (Å²) in [6, 6.07) is 11.4. The summed E-state index contributed by atoms with van der Waals surface area (Å²) in [5.41, 5.74) is 2.97. The Morgan fingerprint density at radius 3 is 2.30 bits per heavy atom. The summed E-state index contributed by atoms with van der Waals surface area (Å²) in [5, 5.41) is 2.87. The Bertz CT molecular complexity index is 985. The Balaban J connectivity index is 1.45. The first-order chi connectivity index (χ1) is 14.3. The zero-order valence-electron chi connectivity index (χ0n) is 17.4. The van der Waals surface area contributed by atoms with Crippen LogP contribution in [0.3, 0.4) is 0 Å². The highest BCUT2D eigenvalue weighted by Gasteiger charge is 2.29. The molecule has 1 amide bonds. The number of hydrogen-bond acceptors (Lipinski definition) is 4. The van der Waals surface area contributed by atoms with Gasteiger partial charge in [-0.2, -0.15) is 4.31 Å². The monoisotopic (exact) mass is 433 g/mol. The van der Waals surface area contributed by atoms with Crippen LogP contribution in [-0.2, 0) is 21.2 Å². The molecule has 0 atom stereocenters. The van der Waals surface area contributed by atoms with Gasteiger partial charge in [0, 0.05) is 32.7 Å². The Morgan fingerprint density at radius 1 is 1.00 bits per heavy atom. The first kappa shape index (κ1) is 22.4. The normalized spacial score (nSPS) is 15.8. The highest BCUT2D eigenvalue weighted by molar-refractivity contribution is 7.89. The van der Waals surface area contributed by atoms with E-state index in [1.165, 1.54) is 16.4 Å². The number of nitrogens with zero attached hydrogens (tertiary/aromatic N) is 2. The van der Waals surface area contributed by atoms with Gasteiger partial charge >= 0.3 is 0 Å². The Hall–Kier alpha value is -2.29. The van der Waals surface area contributed by atoms with Crippen molar-refractivity contribution in [3.8, 4) is 0 Å². The molecule has 0 saturated carbocycles. The zero-order chi connectivity index (χ0) is 21.7. The van der Waals surface area contributed by atoms with E-state index in [4.69, 9.17) is 0 Å². The Labute approximate surface area is 177 Å². The minimum Gasteiger partial charge on any atom is -0.355 e. The highest BCUT2D eigenvalue weighted by atomic mass is 32.2. The van der Waals surface area contributed by atoms with Gasteiger partial charge in [0.2, 0.25) is 15.9 Å². The summed E-state index contributed by atoms with van der Waals surface area (Å²) in [4.78, 5) is 14.5. The molecule has 1 N–H and O–H groups in total. The minimum atomic E-state index is -3.52. The topological polar surface area (TPSA) is 69.7 Å². The molecule has 0 spiro atoms. The average molecular weight is 434 g/mol. The van der Waals surface area contributed by atoms with Crippen molar-refractivity contribution in [1.29, 1.82) is 0 Å². The van der Waals surface area contributed by atoms with Gasteiger partial charge in [-0.15, -0.1) is 0 Å². The largest absolute Gasteiger partial charge is 0.355 e. The van der Waals surface area contributed by atoms with E-state index in [0.29, 0.717) is 44.0 Å². The number of aryl methyl sites for hydroxylation is 2. The SMILES string of the molecule is Cc1ccc(S(=O)(=O)N2CCN(CC(=O)NCCc3ccc(F)cc3)CC2)cc1C. The van der Waals surface area contributed by atoms with E-state index in [1.807, 2.05) is 24.8 Å². The predicted octanol–water partition coefficient (Wildman–Crippen LogP) is 2.11. The standard InChI is InChI=1S/C22H28FN3O3S/c1-17-3-8-21(15-18(17)2)30(28,29)26-13-11-25(12-14-26)16-22(27)24-10-9-19-4-6-20(23)7-5-19/h3-8,15H,9-14,16H2,1-2H3,(H,24,27). The summed E-state index contributed by atoms with van der Waals surface area (Å²) in [7, 11) is -3.52. The second-order valence-corrected chi connectivity index (χ2v) is 9.59. The number of benzene rings is 2. The summed E-state index contributed by atoms with van der Waals surface area (Å²) >= 11 is 0. The number of halogens is 1. The third-order valence-electron chi connectivity index (χ3n) is 5.46. The molecule has 1 fully saturated rings. The molecule has 1 aliphatic heterocycles. The molecule has 6 nitrogen and oxygen atoms in total. The summed E-state index contributed by atoms with van der Waals surface area (Å²) in [6.07, 6.45) is 0.633. The fourth-order valence-corrected chi connectivity index (χ4v) is 4.92. The molecule has 2 aromatic carbocycles. The smallest absolute Gasteiger partial charge is 0.243 e. The van der Waals surface area contributed by atoms with Crippen molar-refractivity contribution in [2.45, 2.75) is 25.2 Å². The molecule has 1 heterocycles. The van der Waals surface area contributed by atoms with Gasteiger partial charge in [-0.1, -0.05) is 18.2 Å². The van der Waals surface area contributed by atoms with Crippen molar-refractivity contribution in [3.05, 3.63) is 65.0 Å². The lowest BCUT2D eigenvalue weighted by atomic mass is 10.1. The lowest BCUT2D eigenvalue weighted by Crippen LogP contribution is -2.51. The summed E-state index contributed by atoms with van der Waals surface area (Å²) < 4.78 is 40.2. The lowest BCUT2D eigenvalue weighted by molar-refractivity contribution is -0.122. The number of carbonyl (C=O) groups is 1. The van der Waals surface area contributed by atoms with Crippen molar-refractivity contribution < 1.29 is 17.6 Å². The van der Waals surface area contributed by atoms with E-state index >= 15 is 0 Å². The molecule has 1 saturated heterocycles. The fraction of sp³-hybridized carbons (Fsp3) is 0.409. The van der Waals surface area contributed by atoms with Crippen molar-refractivity contribution in [3.63, 3.8) is 0 Å². The number of sulfonamides is 1. The van der Waals surface area contributed by atoms with Crippen LogP contribution in [-0.4, -0.2) is 62.8 Å². The van der Waals surface area contributed by atoms with E-state index < -0.39 is 10.0 Å². The van der Waals surface area contributed by atoms with E-state index in [0.717, 1.165) is 16.7 Å². The number of nitrogens with one attached hydrogen (secondary N) is 1. The molecule has 0 unspecified atom stereocenters. The van der Waals surface area contributed by atoms with E-state index in [9.17, 15) is 17.6 Å². The number of rotatable bonds is 7. The molecule has 30 heavy (non-hydrogen) atoms. The minimum absolute atomic E-state index is 0.0948. The van der Waals surface area contributed by atoms with Gasteiger partial charge in [-0.05, 0) is 61.2 Å². The molecule has 0 bridgehead atoms. The third-order valence-corrected chi connectivity index (χ3v) is 7.36. The molecule has 0 aliphatic carbocycles. The van der Waals surface area contributed by atoms with Gasteiger partial charge in [0.25, 0.3) is 0 Å². The van der Waals surface area contributed by atoms with E-state index in [1.54, 1.807) is 24.3 Å². The average Bonchev–Trinajstić information content (AvgIpc) is 2.72. The van der Waals surface area contributed by atoms with Crippen LogP contribution in [0.25, 0.3) is 0 Å². The molecular weight excluding hydrogens is 405 g/mol. The van der Waals surface area contributed by atoms with E-state index in [2.05, 4.69) is 5.32 Å². The zero-order valence-corrected chi connectivity index (χ0v) is 18.2. The van der Waals surface area contributed by atoms with Crippen molar-refractivity contribution >= 4 is 15.9 Å². The number of amides is 1. The van der Waals surface area contributed by atoms with Crippen LogP contribution in [0.5, 0.6) is 0 Å². The first-order valence-electron chi connectivity index (χ1n) is 10.1. The second-order valence-electron chi connectivity index (χ2n) is 7.65. The van der Waals surface area contributed by atoms with Gasteiger partial charge in [0.15, 0.2) is 0 Å². The molecule has 162 valence electrons. The molecule has 1 aliphatic rings. The van der Waals surface area contributed by atoms with Gasteiger partial charge in [0.05, 0.1) is 11.4 Å². The molecular formula is C22H28FN3O3S.